The minimum absolute atomic E-state index is 0.00140. The van der Waals surface area contributed by atoms with Gasteiger partial charge in [0.25, 0.3) is 0 Å². The van der Waals surface area contributed by atoms with E-state index in [-0.39, 0.29) is 12.1 Å². The van der Waals surface area contributed by atoms with E-state index in [9.17, 15) is 4.79 Å². The first-order valence-corrected chi connectivity index (χ1v) is 10.1. The molecular weight excluding hydrogens is 346 g/mol. The first-order chi connectivity index (χ1) is 12.6. The van der Waals surface area contributed by atoms with Gasteiger partial charge >= 0.3 is 6.03 Å². The summed E-state index contributed by atoms with van der Waals surface area (Å²) in [5.74, 6) is 0. The molecule has 1 N–H and O–H groups in total. The van der Waals surface area contributed by atoms with Crippen molar-refractivity contribution in [3.63, 3.8) is 0 Å². The van der Waals surface area contributed by atoms with Crippen molar-refractivity contribution >= 4 is 17.4 Å². The standard InChI is InChI=1S/C20H27N3O2S/c1-4-25-17-10-12-23(13-11-17)20(24)22-15(3)18-14(2)21-19(26-18)16-8-6-5-7-9-16/h5-9,15,17H,4,10-13H2,1-3H3,(H,22,24). The molecule has 3 rings (SSSR count). The highest BCUT2D eigenvalue weighted by Gasteiger charge is 2.25. The van der Waals surface area contributed by atoms with Crippen LogP contribution in [0, 0.1) is 6.92 Å². The fraction of sp³-hybridized carbons (Fsp3) is 0.500. The molecule has 2 heterocycles. The average Bonchev–Trinajstić information content (AvgIpc) is 3.05. The van der Waals surface area contributed by atoms with Gasteiger partial charge in [-0.2, -0.15) is 0 Å². The number of ether oxygens (including phenoxy) is 1. The van der Waals surface area contributed by atoms with Gasteiger partial charge in [-0.05, 0) is 33.6 Å². The number of likely N-dealkylation sites (tertiary alicyclic amines) is 1. The summed E-state index contributed by atoms with van der Waals surface area (Å²) < 4.78 is 5.66. The molecule has 6 heteroatoms. The number of hydrogen-bond donors (Lipinski definition) is 1. The molecule has 1 aromatic heterocycles. The van der Waals surface area contributed by atoms with E-state index in [1.165, 1.54) is 0 Å². The maximum absolute atomic E-state index is 12.6. The number of urea groups is 1. The maximum atomic E-state index is 12.6. The minimum atomic E-state index is -0.0536. The Labute approximate surface area is 159 Å². The SMILES string of the molecule is CCOC1CCN(C(=O)NC(C)c2sc(-c3ccccc3)nc2C)CC1. The van der Waals surface area contributed by atoms with Crippen LogP contribution in [-0.2, 0) is 4.74 Å². The molecule has 0 spiro atoms. The third-order valence-electron chi connectivity index (χ3n) is 4.72. The molecule has 0 aliphatic carbocycles. The van der Waals surface area contributed by atoms with Gasteiger partial charge in [0.2, 0.25) is 0 Å². The first-order valence-electron chi connectivity index (χ1n) is 9.28. The molecule has 140 valence electrons. The summed E-state index contributed by atoms with van der Waals surface area (Å²) in [7, 11) is 0. The summed E-state index contributed by atoms with van der Waals surface area (Å²) in [6, 6.07) is 10.1. The summed E-state index contributed by atoms with van der Waals surface area (Å²) in [5.41, 5.74) is 2.10. The van der Waals surface area contributed by atoms with Gasteiger partial charge in [-0.25, -0.2) is 9.78 Å². The first kappa shape index (κ1) is 18.9. The Morgan fingerprint density at radius 3 is 2.69 bits per heavy atom. The van der Waals surface area contributed by atoms with Crippen molar-refractivity contribution in [1.29, 1.82) is 0 Å². The zero-order chi connectivity index (χ0) is 18.5. The van der Waals surface area contributed by atoms with Crippen LogP contribution in [0.5, 0.6) is 0 Å². The molecule has 2 amide bonds. The molecule has 1 unspecified atom stereocenters. The lowest BCUT2D eigenvalue weighted by Gasteiger charge is -2.32. The third kappa shape index (κ3) is 4.43. The number of amides is 2. The molecule has 26 heavy (non-hydrogen) atoms. The largest absolute Gasteiger partial charge is 0.378 e. The Morgan fingerprint density at radius 2 is 2.04 bits per heavy atom. The van der Waals surface area contributed by atoms with E-state index in [2.05, 4.69) is 22.4 Å². The smallest absolute Gasteiger partial charge is 0.317 e. The third-order valence-corrected chi connectivity index (χ3v) is 6.11. The zero-order valence-electron chi connectivity index (χ0n) is 15.7. The van der Waals surface area contributed by atoms with Crippen LogP contribution in [0.3, 0.4) is 0 Å². The molecule has 1 aliphatic heterocycles. The maximum Gasteiger partial charge on any atom is 0.317 e. The number of aromatic nitrogens is 1. The van der Waals surface area contributed by atoms with Crippen LogP contribution in [0.2, 0.25) is 0 Å². The second kappa shape index (κ2) is 8.64. The number of nitrogens with one attached hydrogen (secondary N) is 1. The Kier molecular flexibility index (Phi) is 6.27. The summed E-state index contributed by atoms with van der Waals surface area (Å²) in [6.45, 7) is 8.29. The lowest BCUT2D eigenvalue weighted by atomic mass is 10.1. The predicted molar refractivity (Wildman–Crippen MR) is 105 cm³/mol. The molecule has 0 radical (unpaired) electrons. The lowest BCUT2D eigenvalue weighted by Crippen LogP contribution is -2.46. The predicted octanol–water partition coefficient (Wildman–Crippen LogP) is 4.39. The lowest BCUT2D eigenvalue weighted by molar-refractivity contribution is 0.0218. The van der Waals surface area contributed by atoms with Gasteiger partial charge in [-0.15, -0.1) is 11.3 Å². The molecule has 2 aromatic rings. The van der Waals surface area contributed by atoms with E-state index in [1.54, 1.807) is 11.3 Å². The topological polar surface area (TPSA) is 54.5 Å². The van der Waals surface area contributed by atoms with E-state index in [0.29, 0.717) is 6.10 Å². The molecule has 5 nitrogen and oxygen atoms in total. The van der Waals surface area contributed by atoms with Gasteiger partial charge in [-0.3, -0.25) is 0 Å². The second-order valence-electron chi connectivity index (χ2n) is 6.65. The number of rotatable bonds is 5. The van der Waals surface area contributed by atoms with Crippen LogP contribution in [-0.4, -0.2) is 41.7 Å². The van der Waals surface area contributed by atoms with Crippen LogP contribution in [0.15, 0.2) is 30.3 Å². The molecule has 1 aliphatic rings. The molecular formula is C20H27N3O2S. The highest BCUT2D eigenvalue weighted by Crippen LogP contribution is 2.31. The fourth-order valence-electron chi connectivity index (χ4n) is 3.32. The quantitative estimate of drug-likeness (QED) is 0.846. The average molecular weight is 374 g/mol. The number of carbonyl (C=O) groups excluding carboxylic acids is 1. The van der Waals surface area contributed by atoms with Crippen molar-refractivity contribution in [2.24, 2.45) is 0 Å². The van der Waals surface area contributed by atoms with Crippen LogP contribution >= 0.6 is 11.3 Å². The summed E-state index contributed by atoms with van der Waals surface area (Å²) in [6.07, 6.45) is 2.11. The molecule has 1 aromatic carbocycles. The van der Waals surface area contributed by atoms with Crippen molar-refractivity contribution < 1.29 is 9.53 Å². The van der Waals surface area contributed by atoms with Gasteiger partial charge in [0.05, 0.1) is 22.7 Å². The summed E-state index contributed by atoms with van der Waals surface area (Å²) in [5, 5.41) is 4.13. The van der Waals surface area contributed by atoms with Crippen molar-refractivity contribution in [2.75, 3.05) is 19.7 Å². The van der Waals surface area contributed by atoms with E-state index in [0.717, 1.165) is 53.7 Å². The monoisotopic (exact) mass is 373 g/mol. The van der Waals surface area contributed by atoms with E-state index < -0.39 is 0 Å². The van der Waals surface area contributed by atoms with Gasteiger partial charge in [0.1, 0.15) is 5.01 Å². The number of aryl methyl sites for hydroxylation is 1. The van der Waals surface area contributed by atoms with Crippen molar-refractivity contribution in [3.8, 4) is 10.6 Å². The number of nitrogens with zero attached hydrogens (tertiary/aromatic N) is 2. The van der Waals surface area contributed by atoms with Crippen molar-refractivity contribution in [3.05, 3.63) is 40.9 Å². The molecule has 1 saturated heterocycles. The van der Waals surface area contributed by atoms with Crippen molar-refractivity contribution in [2.45, 2.75) is 45.8 Å². The minimum Gasteiger partial charge on any atom is -0.378 e. The normalized spacial score (nSPS) is 16.5. The second-order valence-corrected chi connectivity index (χ2v) is 7.68. The van der Waals surface area contributed by atoms with Crippen LogP contribution < -0.4 is 5.32 Å². The van der Waals surface area contributed by atoms with Crippen LogP contribution in [0.1, 0.15) is 43.3 Å². The highest BCUT2D eigenvalue weighted by molar-refractivity contribution is 7.15. The van der Waals surface area contributed by atoms with E-state index >= 15 is 0 Å². The number of piperidine rings is 1. The number of carbonyl (C=O) groups is 1. The summed E-state index contributed by atoms with van der Waals surface area (Å²) >= 11 is 1.65. The molecule has 1 fully saturated rings. The van der Waals surface area contributed by atoms with Crippen LogP contribution in [0.25, 0.3) is 10.6 Å². The molecule has 1 atom stereocenters. The number of thiazole rings is 1. The Bertz CT molecular complexity index is 724. The van der Waals surface area contributed by atoms with Gasteiger partial charge in [0, 0.05) is 25.3 Å². The summed E-state index contributed by atoms with van der Waals surface area (Å²) in [4.78, 5) is 20.3. The van der Waals surface area contributed by atoms with Crippen molar-refractivity contribution in [1.82, 2.24) is 15.2 Å². The molecule has 0 bridgehead atoms. The Morgan fingerprint density at radius 1 is 1.35 bits per heavy atom. The molecule has 0 saturated carbocycles. The Hall–Kier alpha value is -1.92. The van der Waals surface area contributed by atoms with Gasteiger partial charge in [-0.1, -0.05) is 30.3 Å². The Balaban J connectivity index is 1.61. The zero-order valence-corrected chi connectivity index (χ0v) is 16.5. The number of hydrogen-bond acceptors (Lipinski definition) is 4. The highest BCUT2D eigenvalue weighted by atomic mass is 32.1. The van der Waals surface area contributed by atoms with Gasteiger partial charge in [0.15, 0.2) is 0 Å². The van der Waals surface area contributed by atoms with E-state index in [4.69, 9.17) is 4.74 Å². The number of benzene rings is 1. The van der Waals surface area contributed by atoms with Gasteiger partial charge < -0.3 is 15.0 Å². The fourth-order valence-corrected chi connectivity index (χ4v) is 4.39. The van der Waals surface area contributed by atoms with E-state index in [1.807, 2.05) is 43.9 Å². The van der Waals surface area contributed by atoms with Crippen LogP contribution in [0.4, 0.5) is 4.79 Å².